The number of carbonyl (C=O) groups is 1. The molecule has 1 aromatic carbocycles. The van der Waals surface area contributed by atoms with Gasteiger partial charge in [-0.05, 0) is 37.1 Å². The molecule has 3 rings (SSSR count). The second-order valence-corrected chi connectivity index (χ2v) is 5.85. The summed E-state index contributed by atoms with van der Waals surface area (Å²) in [6.45, 7) is 0. The Morgan fingerprint density at radius 1 is 0.923 bits per heavy atom. The van der Waals surface area contributed by atoms with Gasteiger partial charge < -0.3 is 5.32 Å². The van der Waals surface area contributed by atoms with Crippen molar-refractivity contribution < 1.29 is 31.1 Å². The number of carbonyl (C=O) groups excluding carboxylic acids is 1. The van der Waals surface area contributed by atoms with Gasteiger partial charge in [0, 0.05) is 17.3 Å². The van der Waals surface area contributed by atoms with Gasteiger partial charge >= 0.3 is 12.4 Å². The van der Waals surface area contributed by atoms with Gasteiger partial charge in [0.2, 0.25) is 0 Å². The van der Waals surface area contributed by atoms with Gasteiger partial charge in [0.05, 0.1) is 11.1 Å². The highest BCUT2D eigenvalue weighted by Gasteiger charge is 2.37. The molecule has 4 nitrogen and oxygen atoms in total. The smallest absolute Gasteiger partial charge is 0.321 e. The van der Waals surface area contributed by atoms with E-state index in [4.69, 9.17) is 0 Å². The highest BCUT2D eigenvalue weighted by atomic mass is 19.4. The van der Waals surface area contributed by atoms with E-state index in [1.165, 1.54) is 6.07 Å². The first-order valence-electron chi connectivity index (χ1n) is 7.47. The van der Waals surface area contributed by atoms with Crippen molar-refractivity contribution >= 4 is 11.6 Å². The molecule has 0 saturated heterocycles. The van der Waals surface area contributed by atoms with Crippen LogP contribution in [-0.2, 0) is 12.4 Å². The molecule has 138 valence electrons. The molecule has 0 spiro atoms. The topological polar surface area (TPSA) is 54.9 Å². The Hall–Kier alpha value is -2.65. The van der Waals surface area contributed by atoms with Crippen LogP contribution < -0.4 is 5.32 Å². The Bertz CT molecular complexity index is 810. The lowest BCUT2D eigenvalue weighted by Crippen LogP contribution is -2.17. The van der Waals surface area contributed by atoms with Crippen LogP contribution >= 0.6 is 0 Å². The van der Waals surface area contributed by atoms with Crippen LogP contribution in [0.3, 0.4) is 0 Å². The third-order valence-electron chi connectivity index (χ3n) is 3.76. The molecule has 1 amide bonds. The average Bonchev–Trinajstić information content (AvgIpc) is 3.38. The summed E-state index contributed by atoms with van der Waals surface area (Å²) in [6.07, 6.45) is -7.04. The molecule has 0 radical (unpaired) electrons. The van der Waals surface area contributed by atoms with Gasteiger partial charge in [-0.1, -0.05) is 0 Å². The summed E-state index contributed by atoms with van der Waals surface area (Å²) in [5.41, 5.74) is -3.16. The summed E-state index contributed by atoms with van der Waals surface area (Å²) in [7, 11) is 0. The molecule has 1 aliphatic rings. The number of nitrogens with one attached hydrogen (secondary N) is 1. The van der Waals surface area contributed by atoms with E-state index >= 15 is 0 Å². The van der Waals surface area contributed by atoms with E-state index in [2.05, 4.69) is 9.97 Å². The Morgan fingerprint density at radius 3 is 2.00 bits per heavy atom. The van der Waals surface area contributed by atoms with Crippen LogP contribution in [-0.4, -0.2) is 15.9 Å². The van der Waals surface area contributed by atoms with Gasteiger partial charge in [-0.25, -0.2) is 9.97 Å². The van der Waals surface area contributed by atoms with E-state index in [0.717, 1.165) is 19.2 Å². The Balaban J connectivity index is 1.91. The van der Waals surface area contributed by atoms with Crippen molar-refractivity contribution in [3.63, 3.8) is 0 Å². The molecule has 0 aliphatic heterocycles. The zero-order valence-electron chi connectivity index (χ0n) is 12.9. The first-order valence-corrected chi connectivity index (χ1v) is 7.47. The Kier molecular flexibility index (Phi) is 4.37. The van der Waals surface area contributed by atoms with E-state index in [1.807, 2.05) is 5.32 Å². The van der Waals surface area contributed by atoms with E-state index in [1.54, 1.807) is 0 Å². The van der Waals surface area contributed by atoms with Crippen molar-refractivity contribution in [1.82, 2.24) is 9.97 Å². The fraction of sp³-hybridized carbons (Fsp3) is 0.312. The summed E-state index contributed by atoms with van der Waals surface area (Å²) in [6, 6.07) is 2.25. The first kappa shape index (κ1) is 18.2. The summed E-state index contributed by atoms with van der Waals surface area (Å²) >= 11 is 0. The monoisotopic (exact) mass is 375 g/mol. The molecule has 1 fully saturated rings. The standard InChI is InChI=1S/C16H11F6N3O/c17-15(18,19)9-3-10(16(20,21)22)5-11(4-9)25-14(26)13-6-12(8-1-2-8)23-7-24-13/h3-8H,1-2H2,(H,25,26). The fourth-order valence-corrected chi connectivity index (χ4v) is 2.32. The number of amides is 1. The Labute approximate surface area is 143 Å². The molecule has 1 aromatic heterocycles. The molecule has 1 N–H and O–H groups in total. The largest absolute Gasteiger partial charge is 0.416 e. The average molecular weight is 375 g/mol. The van der Waals surface area contributed by atoms with Crippen LogP contribution in [0.25, 0.3) is 0 Å². The fourth-order valence-electron chi connectivity index (χ4n) is 2.32. The van der Waals surface area contributed by atoms with Gasteiger partial charge in [0.25, 0.3) is 5.91 Å². The lowest BCUT2D eigenvalue weighted by Gasteiger charge is -2.14. The summed E-state index contributed by atoms with van der Waals surface area (Å²) in [4.78, 5) is 19.9. The van der Waals surface area contributed by atoms with Gasteiger partial charge in [-0.15, -0.1) is 0 Å². The summed E-state index contributed by atoms with van der Waals surface area (Å²) < 4.78 is 77.1. The molecule has 0 unspecified atom stereocenters. The SMILES string of the molecule is O=C(Nc1cc(C(F)(F)F)cc(C(F)(F)F)c1)c1cc(C2CC2)ncn1. The number of hydrogen-bond donors (Lipinski definition) is 1. The van der Waals surface area contributed by atoms with Crippen molar-refractivity contribution in [2.24, 2.45) is 0 Å². The predicted molar refractivity (Wildman–Crippen MR) is 78.4 cm³/mol. The zero-order valence-corrected chi connectivity index (χ0v) is 12.9. The molecule has 1 saturated carbocycles. The first-order chi connectivity index (χ1) is 12.0. The predicted octanol–water partition coefficient (Wildman–Crippen LogP) is 4.64. The van der Waals surface area contributed by atoms with Crippen LogP contribution in [0.5, 0.6) is 0 Å². The number of aromatic nitrogens is 2. The number of alkyl halides is 6. The van der Waals surface area contributed by atoms with Gasteiger partial charge in [-0.3, -0.25) is 4.79 Å². The van der Waals surface area contributed by atoms with Crippen molar-refractivity contribution in [1.29, 1.82) is 0 Å². The minimum Gasteiger partial charge on any atom is -0.321 e. The number of hydrogen-bond acceptors (Lipinski definition) is 3. The second kappa shape index (κ2) is 6.26. The number of halogens is 6. The maximum absolute atomic E-state index is 12.8. The lowest BCUT2D eigenvalue weighted by molar-refractivity contribution is -0.143. The number of benzene rings is 1. The van der Waals surface area contributed by atoms with Gasteiger partial charge in [0.15, 0.2) is 0 Å². The van der Waals surface area contributed by atoms with Crippen LogP contribution in [0.2, 0.25) is 0 Å². The third-order valence-corrected chi connectivity index (χ3v) is 3.76. The number of rotatable bonds is 3. The lowest BCUT2D eigenvalue weighted by atomic mass is 10.1. The molecule has 1 aliphatic carbocycles. The van der Waals surface area contributed by atoms with E-state index in [0.29, 0.717) is 17.8 Å². The molecule has 26 heavy (non-hydrogen) atoms. The molecule has 0 atom stereocenters. The number of anilines is 1. The van der Waals surface area contributed by atoms with E-state index < -0.39 is 35.1 Å². The summed E-state index contributed by atoms with van der Waals surface area (Å²) in [5.74, 6) is -0.711. The van der Waals surface area contributed by atoms with Crippen LogP contribution in [0, 0.1) is 0 Å². The van der Waals surface area contributed by atoms with Gasteiger partial charge in [-0.2, -0.15) is 26.3 Å². The van der Waals surface area contributed by atoms with Crippen LogP contribution in [0.4, 0.5) is 32.0 Å². The third kappa shape index (κ3) is 4.12. The Morgan fingerprint density at radius 2 is 1.50 bits per heavy atom. The molecular weight excluding hydrogens is 364 g/mol. The zero-order chi connectivity index (χ0) is 19.1. The van der Waals surface area contributed by atoms with Crippen molar-refractivity contribution in [2.45, 2.75) is 31.1 Å². The highest BCUT2D eigenvalue weighted by molar-refractivity contribution is 6.03. The normalized spacial score (nSPS) is 15.0. The maximum Gasteiger partial charge on any atom is 0.416 e. The molecule has 1 heterocycles. The molecule has 2 aromatic rings. The van der Waals surface area contributed by atoms with Gasteiger partial charge in [0.1, 0.15) is 12.0 Å². The van der Waals surface area contributed by atoms with E-state index in [-0.39, 0.29) is 17.7 Å². The quantitative estimate of drug-likeness (QED) is 0.795. The second-order valence-electron chi connectivity index (χ2n) is 5.85. The molecular formula is C16H11F6N3O. The molecule has 10 heteroatoms. The van der Waals surface area contributed by atoms with Crippen molar-refractivity contribution in [3.8, 4) is 0 Å². The van der Waals surface area contributed by atoms with Crippen LogP contribution in [0.1, 0.15) is 46.1 Å². The van der Waals surface area contributed by atoms with Crippen molar-refractivity contribution in [2.75, 3.05) is 5.32 Å². The summed E-state index contributed by atoms with van der Waals surface area (Å²) in [5, 5.41) is 2.04. The minimum absolute atomic E-state index is 0.00839. The minimum atomic E-state index is -4.99. The van der Waals surface area contributed by atoms with Crippen molar-refractivity contribution in [3.05, 3.63) is 53.1 Å². The maximum atomic E-state index is 12.8. The van der Waals surface area contributed by atoms with E-state index in [9.17, 15) is 31.1 Å². The molecule has 0 bridgehead atoms. The van der Waals surface area contributed by atoms with Crippen LogP contribution in [0.15, 0.2) is 30.6 Å². The highest BCUT2D eigenvalue weighted by Crippen LogP contribution is 2.39. The number of nitrogens with zero attached hydrogens (tertiary/aromatic N) is 2.